The number of aromatic nitrogens is 4. The summed E-state index contributed by atoms with van der Waals surface area (Å²) in [5.74, 6) is 0.751. The van der Waals surface area contributed by atoms with Crippen LogP contribution in [0.4, 0.5) is 10.2 Å². The van der Waals surface area contributed by atoms with Crippen LogP contribution < -0.4 is 10.2 Å². The van der Waals surface area contributed by atoms with Crippen LogP contribution in [0.1, 0.15) is 26.2 Å². The lowest BCUT2D eigenvalue weighted by Gasteiger charge is -2.44. The molecule has 0 aliphatic carbocycles. The van der Waals surface area contributed by atoms with Crippen LogP contribution in [-0.4, -0.2) is 56.1 Å². The molecule has 2 bridgehead atoms. The number of phenols is 1. The standard InChI is InChI=1S/C22H25FN6O/c1-22-6-5-15(28-22)8-18(21(22)23)29(2)20-12-24-17(11-25-20)16-4-3-13(7-19(16)30)14-9-26-27-10-14/h3-4,7,9-12,15,18,21,28,30H,5-6,8H2,1-2H3,(H,26,27)/t15-,18-,21-,22+/m0/s1. The molecule has 30 heavy (non-hydrogen) atoms. The van der Waals surface area contributed by atoms with Crippen LogP contribution in [0, 0.1) is 0 Å². The first kappa shape index (κ1) is 19.0. The number of H-pyrrole nitrogens is 1. The van der Waals surface area contributed by atoms with Gasteiger partial charge in [0.1, 0.15) is 17.7 Å². The molecule has 2 saturated heterocycles. The Morgan fingerprint density at radius 1 is 1.20 bits per heavy atom. The Balaban J connectivity index is 1.37. The molecule has 2 fully saturated rings. The van der Waals surface area contributed by atoms with Gasteiger partial charge in [0, 0.05) is 36.0 Å². The number of hydrogen-bond donors (Lipinski definition) is 3. The fraction of sp³-hybridized carbons (Fsp3) is 0.409. The van der Waals surface area contributed by atoms with E-state index in [2.05, 4.69) is 25.5 Å². The first-order valence-electron chi connectivity index (χ1n) is 10.2. The molecule has 5 rings (SSSR count). The number of nitrogens with one attached hydrogen (secondary N) is 2. The van der Waals surface area contributed by atoms with Crippen molar-refractivity contribution in [2.24, 2.45) is 0 Å². The Bertz CT molecular complexity index is 1040. The van der Waals surface area contributed by atoms with E-state index in [0.29, 0.717) is 23.1 Å². The topological polar surface area (TPSA) is 90.0 Å². The van der Waals surface area contributed by atoms with Crippen LogP contribution in [0.3, 0.4) is 0 Å². The number of piperidine rings is 1. The number of phenolic OH excluding ortho intramolecular Hbond substituents is 1. The quantitative estimate of drug-likeness (QED) is 0.614. The second-order valence-electron chi connectivity index (χ2n) is 8.59. The van der Waals surface area contributed by atoms with Crippen molar-refractivity contribution in [1.29, 1.82) is 0 Å². The molecule has 4 atom stereocenters. The third-order valence-electron chi connectivity index (χ3n) is 6.62. The minimum atomic E-state index is -0.970. The molecule has 2 aromatic heterocycles. The number of aromatic hydroxyl groups is 1. The van der Waals surface area contributed by atoms with Gasteiger partial charge >= 0.3 is 0 Å². The number of rotatable bonds is 4. The molecule has 3 aromatic rings. The van der Waals surface area contributed by atoms with Crippen molar-refractivity contribution in [1.82, 2.24) is 25.5 Å². The highest BCUT2D eigenvalue weighted by Crippen LogP contribution is 2.40. The molecule has 156 valence electrons. The van der Waals surface area contributed by atoms with Crippen LogP contribution >= 0.6 is 0 Å². The van der Waals surface area contributed by atoms with Gasteiger partial charge < -0.3 is 15.3 Å². The average molecular weight is 408 g/mol. The van der Waals surface area contributed by atoms with Gasteiger partial charge in [-0.2, -0.15) is 5.10 Å². The monoisotopic (exact) mass is 408 g/mol. The zero-order valence-electron chi connectivity index (χ0n) is 17.0. The summed E-state index contributed by atoms with van der Waals surface area (Å²) < 4.78 is 15.2. The number of alkyl halides is 1. The minimum absolute atomic E-state index is 0.121. The molecule has 7 nitrogen and oxygen atoms in total. The molecule has 0 saturated carbocycles. The van der Waals surface area contributed by atoms with E-state index in [9.17, 15) is 5.11 Å². The van der Waals surface area contributed by atoms with Gasteiger partial charge in [0.2, 0.25) is 0 Å². The van der Waals surface area contributed by atoms with Crippen LogP contribution in [0.15, 0.2) is 43.0 Å². The predicted octanol–water partition coefficient (Wildman–Crippen LogP) is 3.30. The number of anilines is 1. The van der Waals surface area contributed by atoms with Gasteiger partial charge in [-0.3, -0.25) is 10.1 Å². The molecular formula is C22H25FN6O. The average Bonchev–Trinajstić information content (AvgIpc) is 3.40. The van der Waals surface area contributed by atoms with E-state index in [1.54, 1.807) is 30.9 Å². The second-order valence-corrected chi connectivity index (χ2v) is 8.59. The lowest BCUT2D eigenvalue weighted by atomic mass is 9.86. The Kier molecular flexibility index (Phi) is 4.47. The Morgan fingerprint density at radius 3 is 2.77 bits per heavy atom. The molecular weight excluding hydrogens is 383 g/mol. The van der Waals surface area contributed by atoms with Crippen molar-refractivity contribution >= 4 is 5.82 Å². The highest BCUT2D eigenvalue weighted by Gasteiger charge is 2.51. The Labute approximate surface area is 174 Å². The fourth-order valence-electron chi connectivity index (χ4n) is 4.82. The second kappa shape index (κ2) is 7.05. The van der Waals surface area contributed by atoms with Gasteiger partial charge in [-0.15, -0.1) is 0 Å². The van der Waals surface area contributed by atoms with Crippen molar-refractivity contribution in [3.63, 3.8) is 0 Å². The number of nitrogens with zero attached hydrogens (tertiary/aromatic N) is 4. The zero-order valence-corrected chi connectivity index (χ0v) is 17.0. The minimum Gasteiger partial charge on any atom is -0.507 e. The maximum atomic E-state index is 15.2. The normalized spacial score (nSPS) is 27.9. The molecule has 0 spiro atoms. The fourth-order valence-corrected chi connectivity index (χ4v) is 4.82. The van der Waals surface area contributed by atoms with Gasteiger partial charge in [0.05, 0.1) is 30.3 Å². The van der Waals surface area contributed by atoms with Crippen LogP contribution in [-0.2, 0) is 0 Å². The Morgan fingerprint density at radius 2 is 2.07 bits per heavy atom. The number of hydrogen-bond acceptors (Lipinski definition) is 6. The summed E-state index contributed by atoms with van der Waals surface area (Å²) >= 11 is 0. The van der Waals surface area contributed by atoms with Crippen LogP contribution in [0.2, 0.25) is 0 Å². The first-order chi connectivity index (χ1) is 14.4. The molecule has 0 unspecified atom stereocenters. The van der Waals surface area contributed by atoms with Gasteiger partial charge in [0.25, 0.3) is 0 Å². The number of halogens is 1. The van der Waals surface area contributed by atoms with E-state index in [1.807, 2.05) is 31.0 Å². The maximum Gasteiger partial charge on any atom is 0.147 e. The lowest BCUT2D eigenvalue weighted by molar-refractivity contribution is 0.111. The molecule has 2 aliphatic heterocycles. The zero-order chi connectivity index (χ0) is 20.9. The summed E-state index contributed by atoms with van der Waals surface area (Å²) in [7, 11) is 1.88. The van der Waals surface area contributed by atoms with Crippen molar-refractivity contribution in [3.8, 4) is 28.1 Å². The summed E-state index contributed by atoms with van der Waals surface area (Å²) in [5, 5.41) is 20.6. The largest absolute Gasteiger partial charge is 0.507 e. The SMILES string of the molecule is CN(c1cnc(-c2ccc(-c3cn[nH]c3)cc2O)cn1)[C@H]1C[C@@H]2CC[C@@](C)(N2)[C@H]1F. The van der Waals surface area contributed by atoms with Crippen molar-refractivity contribution < 1.29 is 9.50 Å². The lowest BCUT2D eigenvalue weighted by Crippen LogP contribution is -2.62. The van der Waals surface area contributed by atoms with E-state index in [0.717, 1.165) is 30.4 Å². The molecule has 1 aromatic carbocycles. The smallest absolute Gasteiger partial charge is 0.147 e. The van der Waals surface area contributed by atoms with Crippen LogP contribution in [0.25, 0.3) is 22.4 Å². The van der Waals surface area contributed by atoms with Crippen molar-refractivity contribution in [2.45, 2.75) is 50.0 Å². The summed E-state index contributed by atoms with van der Waals surface area (Å²) in [6, 6.07) is 5.52. The van der Waals surface area contributed by atoms with E-state index in [4.69, 9.17) is 0 Å². The number of benzene rings is 1. The maximum absolute atomic E-state index is 15.2. The molecule has 8 heteroatoms. The highest BCUT2D eigenvalue weighted by atomic mass is 19.1. The van der Waals surface area contributed by atoms with Crippen molar-refractivity contribution in [3.05, 3.63) is 43.0 Å². The Hall–Kier alpha value is -3.00. The third kappa shape index (κ3) is 3.11. The van der Waals surface area contributed by atoms with Crippen molar-refractivity contribution in [2.75, 3.05) is 11.9 Å². The van der Waals surface area contributed by atoms with E-state index >= 15 is 4.39 Å². The summed E-state index contributed by atoms with van der Waals surface area (Å²) in [5.41, 5.74) is 2.46. The third-order valence-corrected chi connectivity index (χ3v) is 6.62. The first-order valence-corrected chi connectivity index (χ1v) is 10.2. The predicted molar refractivity (Wildman–Crippen MR) is 113 cm³/mol. The molecule has 0 amide bonds. The van der Waals surface area contributed by atoms with Gasteiger partial charge in [-0.25, -0.2) is 9.37 Å². The van der Waals surface area contributed by atoms with Gasteiger partial charge in [-0.1, -0.05) is 6.07 Å². The summed E-state index contributed by atoms with van der Waals surface area (Å²) in [6.45, 7) is 1.97. The molecule has 3 N–H and O–H groups in total. The van der Waals surface area contributed by atoms with Crippen LogP contribution in [0.5, 0.6) is 5.75 Å². The number of fused-ring (bicyclic) bond motifs is 2. The molecule has 2 aliphatic rings. The highest BCUT2D eigenvalue weighted by molar-refractivity contribution is 5.73. The summed E-state index contributed by atoms with van der Waals surface area (Å²) in [6.07, 6.45) is 8.41. The molecule has 0 radical (unpaired) electrons. The van der Waals surface area contributed by atoms with E-state index in [1.165, 1.54) is 0 Å². The van der Waals surface area contributed by atoms with Gasteiger partial charge in [0.15, 0.2) is 0 Å². The number of aromatic amines is 1. The van der Waals surface area contributed by atoms with E-state index < -0.39 is 11.7 Å². The summed E-state index contributed by atoms with van der Waals surface area (Å²) in [4.78, 5) is 10.9. The van der Waals surface area contributed by atoms with E-state index in [-0.39, 0.29) is 11.8 Å². The molecule has 4 heterocycles. The van der Waals surface area contributed by atoms with Gasteiger partial charge in [-0.05, 0) is 43.9 Å².